The van der Waals surface area contributed by atoms with Crippen molar-refractivity contribution in [2.75, 3.05) is 20.7 Å². The van der Waals surface area contributed by atoms with Gasteiger partial charge in [0.2, 0.25) is 0 Å². The van der Waals surface area contributed by atoms with E-state index in [2.05, 4.69) is 19.2 Å². The number of methoxy groups -OCH3 is 1. The Bertz CT molecular complexity index is 458. The molecule has 0 saturated heterocycles. The van der Waals surface area contributed by atoms with Gasteiger partial charge in [0.15, 0.2) is 0 Å². The van der Waals surface area contributed by atoms with Crippen molar-refractivity contribution >= 4 is 0 Å². The van der Waals surface area contributed by atoms with Crippen LogP contribution in [0.2, 0.25) is 0 Å². The van der Waals surface area contributed by atoms with Crippen molar-refractivity contribution in [2.45, 2.75) is 39.0 Å². The molecule has 1 aromatic carbocycles. The predicted molar refractivity (Wildman–Crippen MR) is 80.7 cm³/mol. The Hall–Kier alpha value is -1.09. The summed E-state index contributed by atoms with van der Waals surface area (Å²) in [7, 11) is 3.54. The summed E-state index contributed by atoms with van der Waals surface area (Å²) in [4.78, 5) is 0. The highest BCUT2D eigenvalue weighted by Gasteiger charge is 2.36. The average molecular weight is 279 g/mol. The van der Waals surface area contributed by atoms with Crippen LogP contribution in [0.5, 0.6) is 5.75 Å². The lowest BCUT2D eigenvalue weighted by atomic mass is 9.65. The van der Waals surface area contributed by atoms with Crippen molar-refractivity contribution in [3.8, 4) is 5.75 Å². The highest BCUT2D eigenvalue weighted by atomic mass is 19.1. The summed E-state index contributed by atoms with van der Waals surface area (Å²) < 4.78 is 19.5. The number of hydrogen-bond acceptors (Lipinski definition) is 2. The molecule has 1 aliphatic rings. The molecule has 1 fully saturated rings. The monoisotopic (exact) mass is 279 g/mol. The van der Waals surface area contributed by atoms with Gasteiger partial charge < -0.3 is 10.1 Å². The van der Waals surface area contributed by atoms with Crippen LogP contribution >= 0.6 is 0 Å². The molecule has 2 unspecified atom stereocenters. The average Bonchev–Trinajstić information content (AvgIpc) is 2.40. The molecule has 2 atom stereocenters. The Labute approximate surface area is 121 Å². The molecule has 0 aromatic heterocycles. The van der Waals surface area contributed by atoms with Crippen LogP contribution in [0, 0.1) is 17.2 Å². The number of ether oxygens (including phenoxy) is 1. The molecule has 1 saturated carbocycles. The van der Waals surface area contributed by atoms with Crippen molar-refractivity contribution in [2.24, 2.45) is 11.3 Å². The number of hydrogen-bond donors (Lipinski definition) is 1. The van der Waals surface area contributed by atoms with E-state index in [-0.39, 0.29) is 11.7 Å². The zero-order valence-corrected chi connectivity index (χ0v) is 13.0. The smallest absolute Gasteiger partial charge is 0.130 e. The van der Waals surface area contributed by atoms with Gasteiger partial charge in [-0.3, -0.25) is 0 Å². The Morgan fingerprint density at radius 1 is 1.40 bits per heavy atom. The molecule has 1 N–H and O–H groups in total. The summed E-state index contributed by atoms with van der Waals surface area (Å²) in [6.07, 6.45) is 3.42. The van der Waals surface area contributed by atoms with E-state index in [1.807, 2.05) is 19.2 Å². The lowest BCUT2D eigenvalue weighted by Crippen LogP contribution is -2.34. The van der Waals surface area contributed by atoms with Gasteiger partial charge in [-0.1, -0.05) is 19.9 Å². The molecule has 0 spiro atoms. The van der Waals surface area contributed by atoms with Crippen LogP contribution in [0.3, 0.4) is 0 Å². The van der Waals surface area contributed by atoms with Gasteiger partial charge >= 0.3 is 0 Å². The first kappa shape index (κ1) is 15.3. The molecule has 20 heavy (non-hydrogen) atoms. The van der Waals surface area contributed by atoms with Gasteiger partial charge in [-0.2, -0.15) is 0 Å². The van der Waals surface area contributed by atoms with E-state index >= 15 is 0 Å². The Balaban J connectivity index is 2.30. The predicted octanol–water partition coefficient (Wildman–Crippen LogP) is 3.96. The second-order valence-electron chi connectivity index (χ2n) is 6.72. The van der Waals surface area contributed by atoms with Crippen molar-refractivity contribution in [1.29, 1.82) is 0 Å². The maximum absolute atomic E-state index is 14.4. The molecule has 112 valence electrons. The third kappa shape index (κ3) is 3.32. The first-order valence-corrected chi connectivity index (χ1v) is 7.45. The fourth-order valence-electron chi connectivity index (χ4n) is 3.45. The third-order valence-electron chi connectivity index (χ3n) is 4.61. The van der Waals surface area contributed by atoms with E-state index in [1.165, 1.54) is 12.5 Å². The summed E-state index contributed by atoms with van der Waals surface area (Å²) in [5, 5.41) is 3.26. The quantitative estimate of drug-likeness (QED) is 0.900. The summed E-state index contributed by atoms with van der Waals surface area (Å²) in [6, 6.07) is 5.28. The van der Waals surface area contributed by atoms with Gasteiger partial charge in [-0.15, -0.1) is 0 Å². The minimum Gasteiger partial charge on any atom is -0.497 e. The molecule has 1 aromatic rings. The second-order valence-corrected chi connectivity index (χ2v) is 6.72. The Morgan fingerprint density at radius 3 is 2.75 bits per heavy atom. The zero-order chi connectivity index (χ0) is 14.8. The fourth-order valence-corrected chi connectivity index (χ4v) is 3.45. The molecule has 2 nitrogen and oxygen atoms in total. The largest absolute Gasteiger partial charge is 0.497 e. The molecule has 0 aliphatic heterocycles. The fraction of sp³-hybridized carbons (Fsp3) is 0.647. The van der Waals surface area contributed by atoms with Gasteiger partial charge in [0.25, 0.3) is 0 Å². The summed E-state index contributed by atoms with van der Waals surface area (Å²) in [6.45, 7) is 5.53. The number of nitrogens with one attached hydrogen (secondary N) is 1. The number of benzene rings is 1. The second kappa shape index (κ2) is 6.13. The molecule has 0 radical (unpaired) electrons. The summed E-state index contributed by atoms with van der Waals surface area (Å²) in [5.41, 5.74) is 1.14. The molecule has 0 heterocycles. The third-order valence-corrected chi connectivity index (χ3v) is 4.61. The van der Waals surface area contributed by atoms with E-state index in [1.54, 1.807) is 7.11 Å². The molecular weight excluding hydrogens is 253 g/mol. The Morgan fingerprint density at radius 2 is 2.15 bits per heavy atom. The normalized spacial score (nSPS) is 25.4. The maximum Gasteiger partial charge on any atom is 0.130 e. The summed E-state index contributed by atoms with van der Waals surface area (Å²) >= 11 is 0. The van der Waals surface area contributed by atoms with E-state index in [4.69, 9.17) is 4.74 Å². The molecule has 0 bridgehead atoms. The first-order chi connectivity index (χ1) is 9.46. The van der Waals surface area contributed by atoms with Crippen LogP contribution < -0.4 is 10.1 Å². The molecular formula is C17H26FNO. The van der Waals surface area contributed by atoms with E-state index in [9.17, 15) is 4.39 Å². The van der Waals surface area contributed by atoms with Crippen molar-refractivity contribution in [1.82, 2.24) is 5.32 Å². The van der Waals surface area contributed by atoms with Crippen LogP contribution in [0.25, 0.3) is 0 Å². The minimum absolute atomic E-state index is 0.131. The highest BCUT2D eigenvalue weighted by molar-refractivity contribution is 5.32. The standard InChI is InChI=1S/C17H26FNO/c1-17(2)8-7-12(11-19-3)15(10-17)14-6-5-13(20-4)9-16(14)18/h5-6,9,12,15,19H,7-8,10-11H2,1-4H3. The van der Waals surface area contributed by atoms with Crippen molar-refractivity contribution in [3.63, 3.8) is 0 Å². The van der Waals surface area contributed by atoms with Gasteiger partial charge in [-0.05, 0) is 61.7 Å². The van der Waals surface area contributed by atoms with E-state index in [0.29, 0.717) is 17.1 Å². The SMILES string of the molecule is CNCC1CCC(C)(C)CC1c1ccc(OC)cc1F. The lowest BCUT2D eigenvalue weighted by molar-refractivity contribution is 0.159. The first-order valence-electron chi connectivity index (χ1n) is 7.45. The highest BCUT2D eigenvalue weighted by Crippen LogP contribution is 2.47. The zero-order valence-electron chi connectivity index (χ0n) is 13.0. The molecule has 2 rings (SSSR count). The Kier molecular flexibility index (Phi) is 4.69. The van der Waals surface area contributed by atoms with Gasteiger partial charge in [0.1, 0.15) is 11.6 Å². The molecule has 0 amide bonds. The van der Waals surface area contributed by atoms with E-state index in [0.717, 1.165) is 24.9 Å². The van der Waals surface area contributed by atoms with Crippen molar-refractivity contribution in [3.05, 3.63) is 29.6 Å². The van der Waals surface area contributed by atoms with Crippen LogP contribution in [-0.4, -0.2) is 20.7 Å². The van der Waals surface area contributed by atoms with Crippen molar-refractivity contribution < 1.29 is 9.13 Å². The number of halogens is 1. The van der Waals surface area contributed by atoms with Crippen LogP contribution in [0.1, 0.15) is 44.6 Å². The topological polar surface area (TPSA) is 21.3 Å². The van der Waals surface area contributed by atoms with Gasteiger partial charge in [-0.25, -0.2) is 4.39 Å². The van der Waals surface area contributed by atoms with Gasteiger partial charge in [0.05, 0.1) is 7.11 Å². The number of rotatable bonds is 4. The van der Waals surface area contributed by atoms with E-state index < -0.39 is 0 Å². The maximum atomic E-state index is 14.4. The molecule has 3 heteroatoms. The minimum atomic E-state index is -0.131. The molecule has 1 aliphatic carbocycles. The summed E-state index contributed by atoms with van der Waals surface area (Å²) in [5.74, 6) is 1.26. The van der Waals surface area contributed by atoms with Gasteiger partial charge in [0, 0.05) is 6.07 Å². The lowest BCUT2D eigenvalue weighted by Gasteiger charge is -2.41. The van der Waals surface area contributed by atoms with Crippen LogP contribution in [0.15, 0.2) is 18.2 Å². The van der Waals surface area contributed by atoms with Crippen LogP contribution in [0.4, 0.5) is 4.39 Å². The van der Waals surface area contributed by atoms with Crippen LogP contribution in [-0.2, 0) is 0 Å².